The predicted octanol–water partition coefficient (Wildman–Crippen LogP) is 0.983. The molecule has 0 saturated heterocycles. The lowest BCUT2D eigenvalue weighted by Crippen LogP contribution is -2.37. The highest BCUT2D eigenvalue weighted by Gasteiger charge is 2.28. The highest BCUT2D eigenvalue weighted by atomic mass is 16.6. The highest BCUT2D eigenvalue weighted by molar-refractivity contribution is 6.02. The molecule has 3 rings (SSSR count). The molecule has 2 heterocycles. The summed E-state index contributed by atoms with van der Waals surface area (Å²) in [5.41, 5.74) is -1.60. The normalized spacial score (nSPS) is 14.2. The quantitative estimate of drug-likeness (QED) is 0.765. The smallest absolute Gasteiger partial charge is 0.325 e. The number of rotatable bonds is 4. The molecule has 1 aliphatic carbocycles. The van der Waals surface area contributed by atoms with E-state index < -0.39 is 40.9 Å². The minimum Gasteiger partial charge on any atom is -0.506 e. The number of hydrogen-bond acceptors (Lipinski definition) is 7. The fourth-order valence-electron chi connectivity index (χ4n) is 2.67. The number of ether oxygens (including phenoxy) is 1. The van der Waals surface area contributed by atoms with Gasteiger partial charge < -0.3 is 15.2 Å². The Morgan fingerprint density at radius 1 is 1.37 bits per heavy atom. The van der Waals surface area contributed by atoms with E-state index in [0.29, 0.717) is 5.82 Å². The van der Waals surface area contributed by atoms with E-state index in [1.54, 1.807) is 20.8 Å². The van der Waals surface area contributed by atoms with Crippen LogP contribution >= 0.6 is 0 Å². The van der Waals surface area contributed by atoms with Crippen molar-refractivity contribution in [2.24, 2.45) is 7.05 Å². The van der Waals surface area contributed by atoms with Gasteiger partial charge in [0.05, 0.1) is 5.39 Å². The third kappa shape index (κ3) is 3.91. The van der Waals surface area contributed by atoms with Crippen molar-refractivity contribution in [2.75, 3.05) is 6.54 Å². The largest absolute Gasteiger partial charge is 0.506 e. The highest BCUT2D eigenvalue weighted by Crippen LogP contribution is 2.38. The fourth-order valence-corrected chi connectivity index (χ4v) is 2.67. The van der Waals surface area contributed by atoms with Crippen LogP contribution in [-0.4, -0.2) is 43.7 Å². The van der Waals surface area contributed by atoms with Crippen LogP contribution in [-0.2, 0) is 16.6 Å². The molecule has 0 spiro atoms. The van der Waals surface area contributed by atoms with Crippen LogP contribution in [0.1, 0.15) is 55.7 Å². The van der Waals surface area contributed by atoms with Crippen molar-refractivity contribution in [3.05, 3.63) is 27.9 Å². The second kappa shape index (κ2) is 6.64. The average molecular weight is 374 g/mol. The molecule has 2 aromatic rings. The van der Waals surface area contributed by atoms with Crippen molar-refractivity contribution in [2.45, 2.75) is 45.1 Å². The third-order valence-electron chi connectivity index (χ3n) is 4.10. The van der Waals surface area contributed by atoms with Crippen molar-refractivity contribution < 1.29 is 19.4 Å². The first-order valence-corrected chi connectivity index (χ1v) is 8.67. The summed E-state index contributed by atoms with van der Waals surface area (Å²) in [4.78, 5) is 45.3. The van der Waals surface area contributed by atoms with Crippen LogP contribution in [0.5, 0.6) is 5.75 Å². The monoisotopic (exact) mass is 374 g/mol. The molecule has 0 aromatic carbocycles. The molecule has 2 aromatic heterocycles. The molecule has 9 heteroatoms. The second-order valence-corrected chi connectivity index (χ2v) is 7.60. The Labute approximate surface area is 155 Å². The Morgan fingerprint density at radius 3 is 2.63 bits per heavy atom. The maximum Gasteiger partial charge on any atom is 0.325 e. The van der Waals surface area contributed by atoms with Crippen molar-refractivity contribution >= 4 is 22.9 Å². The number of aromatic nitrogens is 3. The lowest BCUT2D eigenvalue weighted by atomic mass is 10.1. The summed E-state index contributed by atoms with van der Waals surface area (Å²) in [6.07, 6.45) is 3.41. The van der Waals surface area contributed by atoms with E-state index in [9.17, 15) is 19.5 Å². The number of fused-ring (bicyclic) bond motifs is 1. The topological polar surface area (TPSA) is 123 Å². The Kier molecular flexibility index (Phi) is 4.63. The van der Waals surface area contributed by atoms with Gasteiger partial charge in [0, 0.05) is 19.2 Å². The average Bonchev–Trinajstić information content (AvgIpc) is 3.41. The van der Waals surface area contributed by atoms with Gasteiger partial charge in [-0.2, -0.15) is 0 Å². The molecule has 0 bridgehead atoms. The predicted molar refractivity (Wildman–Crippen MR) is 96.6 cm³/mol. The number of carbonyl (C=O) groups is 2. The van der Waals surface area contributed by atoms with Gasteiger partial charge in [0.15, 0.2) is 0 Å². The van der Waals surface area contributed by atoms with Crippen LogP contribution in [0.4, 0.5) is 0 Å². The molecule has 1 saturated carbocycles. The zero-order valence-electron chi connectivity index (χ0n) is 15.7. The number of aryl methyl sites for hydroxylation is 1. The maximum atomic E-state index is 12.6. The van der Waals surface area contributed by atoms with Crippen LogP contribution < -0.4 is 10.9 Å². The molecule has 1 amide bonds. The summed E-state index contributed by atoms with van der Waals surface area (Å²) >= 11 is 0. The van der Waals surface area contributed by atoms with Gasteiger partial charge in [-0.05, 0) is 33.6 Å². The molecule has 2 N–H and O–H groups in total. The molecular weight excluding hydrogens is 352 g/mol. The SMILES string of the molecule is Cn1c(=O)c(C(=O)NCC(=O)OC(C)(C)C)c(O)c2cnc(C3CC3)nc21. The Hall–Kier alpha value is -2.97. The summed E-state index contributed by atoms with van der Waals surface area (Å²) in [6, 6.07) is 0. The fraction of sp³-hybridized carbons (Fsp3) is 0.500. The number of pyridine rings is 1. The van der Waals surface area contributed by atoms with E-state index in [4.69, 9.17) is 4.74 Å². The van der Waals surface area contributed by atoms with Gasteiger partial charge in [0.25, 0.3) is 11.5 Å². The van der Waals surface area contributed by atoms with Crippen molar-refractivity contribution in [1.82, 2.24) is 19.9 Å². The Balaban J connectivity index is 1.90. The van der Waals surface area contributed by atoms with Gasteiger partial charge in [-0.25, -0.2) is 9.97 Å². The van der Waals surface area contributed by atoms with Crippen LogP contribution in [0.15, 0.2) is 11.0 Å². The van der Waals surface area contributed by atoms with E-state index in [0.717, 1.165) is 12.8 Å². The minimum atomic E-state index is -0.868. The van der Waals surface area contributed by atoms with Gasteiger partial charge in [0.2, 0.25) is 0 Å². The number of hydrogen-bond donors (Lipinski definition) is 2. The van der Waals surface area contributed by atoms with Crippen LogP contribution in [0.3, 0.4) is 0 Å². The first kappa shape index (κ1) is 18.8. The summed E-state index contributed by atoms with van der Waals surface area (Å²) in [7, 11) is 1.47. The molecular formula is C18H22N4O5. The van der Waals surface area contributed by atoms with E-state index in [-0.39, 0.29) is 17.0 Å². The van der Waals surface area contributed by atoms with Gasteiger partial charge in [0.1, 0.15) is 34.9 Å². The summed E-state index contributed by atoms with van der Waals surface area (Å²) in [5, 5.41) is 13.0. The molecule has 0 radical (unpaired) electrons. The van der Waals surface area contributed by atoms with Gasteiger partial charge in [-0.15, -0.1) is 0 Å². The lowest BCUT2D eigenvalue weighted by Gasteiger charge is -2.19. The molecule has 1 aliphatic rings. The number of nitrogens with one attached hydrogen (secondary N) is 1. The number of aromatic hydroxyl groups is 1. The molecule has 27 heavy (non-hydrogen) atoms. The summed E-state index contributed by atoms with van der Waals surface area (Å²) < 4.78 is 6.30. The Morgan fingerprint density at radius 2 is 2.04 bits per heavy atom. The number of amides is 1. The third-order valence-corrected chi connectivity index (χ3v) is 4.10. The molecule has 0 atom stereocenters. The van der Waals surface area contributed by atoms with Gasteiger partial charge in [-0.1, -0.05) is 0 Å². The molecule has 9 nitrogen and oxygen atoms in total. The standard InChI is InChI=1S/C18H22N4O5/c1-18(2,3)27-11(23)8-20-16(25)12-13(24)10-7-19-14(9-5-6-9)21-15(10)22(4)17(12)26/h7,9,24H,5-6,8H2,1-4H3,(H,20,25). The maximum absolute atomic E-state index is 12.6. The van der Waals surface area contributed by atoms with Crippen LogP contribution in [0.25, 0.3) is 11.0 Å². The number of carbonyl (C=O) groups excluding carboxylic acids is 2. The Bertz CT molecular complexity index is 986. The molecule has 0 aliphatic heterocycles. The second-order valence-electron chi connectivity index (χ2n) is 7.60. The summed E-state index contributed by atoms with van der Waals surface area (Å²) in [6.45, 7) is 4.68. The van der Waals surface area contributed by atoms with Crippen molar-refractivity contribution in [3.63, 3.8) is 0 Å². The lowest BCUT2D eigenvalue weighted by molar-refractivity contribution is -0.153. The van der Waals surface area contributed by atoms with Crippen molar-refractivity contribution in [3.8, 4) is 5.75 Å². The first-order chi connectivity index (χ1) is 12.6. The number of nitrogens with zero attached hydrogens (tertiary/aromatic N) is 3. The zero-order valence-corrected chi connectivity index (χ0v) is 15.7. The van der Waals surface area contributed by atoms with E-state index in [1.165, 1.54) is 17.8 Å². The minimum absolute atomic E-state index is 0.198. The van der Waals surface area contributed by atoms with E-state index >= 15 is 0 Å². The van der Waals surface area contributed by atoms with Crippen LogP contribution in [0.2, 0.25) is 0 Å². The molecule has 144 valence electrons. The summed E-state index contributed by atoms with van der Waals surface area (Å²) in [5.74, 6) is -1.11. The molecule has 1 fully saturated rings. The van der Waals surface area contributed by atoms with Gasteiger partial charge >= 0.3 is 5.97 Å². The first-order valence-electron chi connectivity index (χ1n) is 8.67. The van der Waals surface area contributed by atoms with Crippen molar-refractivity contribution in [1.29, 1.82) is 0 Å². The number of esters is 1. The van der Waals surface area contributed by atoms with E-state index in [1.807, 2.05) is 0 Å². The zero-order chi connectivity index (χ0) is 19.9. The van der Waals surface area contributed by atoms with E-state index in [2.05, 4.69) is 15.3 Å². The van der Waals surface area contributed by atoms with Crippen LogP contribution in [0, 0.1) is 0 Å². The van der Waals surface area contributed by atoms with Gasteiger partial charge in [-0.3, -0.25) is 19.0 Å². The molecule has 0 unspecified atom stereocenters.